The second-order valence-corrected chi connectivity index (χ2v) is 6.90. The van der Waals surface area contributed by atoms with Gasteiger partial charge in [-0.1, -0.05) is 11.2 Å². The van der Waals surface area contributed by atoms with Gasteiger partial charge >= 0.3 is 0 Å². The third-order valence-corrected chi connectivity index (χ3v) is 5.26. The van der Waals surface area contributed by atoms with Crippen molar-refractivity contribution in [1.82, 2.24) is 15.0 Å². The number of ether oxygens (including phenoxy) is 1. The molecule has 2 aromatic heterocycles. The zero-order chi connectivity index (χ0) is 16.1. The Balaban J connectivity index is 1.46. The molecule has 0 aliphatic carbocycles. The average molecular weight is 337 g/mol. The molecule has 0 bridgehead atoms. The van der Waals surface area contributed by atoms with Crippen molar-refractivity contribution in [1.29, 1.82) is 0 Å². The fourth-order valence-electron chi connectivity index (χ4n) is 2.96. The fraction of sp³-hybridized carbons (Fsp3) is 0.625. The van der Waals surface area contributed by atoms with Crippen LogP contribution in [0.15, 0.2) is 22.0 Å². The van der Waals surface area contributed by atoms with Gasteiger partial charge in [0.15, 0.2) is 5.82 Å². The number of aromatic nitrogens is 2. The van der Waals surface area contributed by atoms with Gasteiger partial charge in [0.25, 0.3) is 0 Å². The Kier molecular flexibility index (Phi) is 5.77. The molecule has 3 heterocycles. The van der Waals surface area contributed by atoms with Crippen LogP contribution < -0.4 is 0 Å². The van der Waals surface area contributed by atoms with Gasteiger partial charge in [-0.15, -0.1) is 11.3 Å². The topological polar surface area (TPSA) is 71.6 Å². The highest BCUT2D eigenvalue weighted by molar-refractivity contribution is 7.10. The standard InChI is InChI=1S/C16H23N3O3S/c1-21-9-6-14-17-15(22-18-14)11-19-7-4-12(5-8-19)16(20)13-3-2-10-23-13/h2-3,10,12,16,20H,4-9,11H2,1H3. The van der Waals surface area contributed by atoms with Crippen LogP contribution in [0.1, 0.15) is 35.5 Å². The molecule has 6 nitrogen and oxygen atoms in total. The molecule has 1 aliphatic heterocycles. The van der Waals surface area contributed by atoms with Crippen LogP contribution in [0.5, 0.6) is 0 Å². The van der Waals surface area contributed by atoms with E-state index in [4.69, 9.17) is 9.26 Å². The van der Waals surface area contributed by atoms with Crippen LogP contribution in [0, 0.1) is 5.92 Å². The third-order valence-electron chi connectivity index (χ3n) is 4.31. The van der Waals surface area contributed by atoms with Crippen LogP contribution in [0.2, 0.25) is 0 Å². The highest BCUT2D eigenvalue weighted by atomic mass is 32.1. The van der Waals surface area contributed by atoms with Gasteiger partial charge in [0.2, 0.25) is 5.89 Å². The van der Waals surface area contributed by atoms with Crippen LogP contribution in [-0.4, -0.2) is 47.0 Å². The largest absolute Gasteiger partial charge is 0.387 e. The van der Waals surface area contributed by atoms with Gasteiger partial charge in [-0.2, -0.15) is 4.98 Å². The Labute approximate surface area is 140 Å². The van der Waals surface area contributed by atoms with E-state index >= 15 is 0 Å². The molecule has 0 aromatic carbocycles. The SMILES string of the molecule is COCCc1noc(CN2CCC(C(O)c3cccs3)CC2)n1. The minimum atomic E-state index is -0.332. The molecule has 1 atom stereocenters. The number of methoxy groups -OCH3 is 1. The van der Waals surface area contributed by atoms with E-state index in [-0.39, 0.29) is 6.10 Å². The molecule has 1 unspecified atom stereocenters. The van der Waals surface area contributed by atoms with E-state index in [1.165, 1.54) is 0 Å². The Bertz CT molecular complexity index is 579. The van der Waals surface area contributed by atoms with Gasteiger partial charge in [-0.3, -0.25) is 4.90 Å². The lowest BCUT2D eigenvalue weighted by Gasteiger charge is -2.33. The second-order valence-electron chi connectivity index (χ2n) is 5.92. The second kappa shape index (κ2) is 8.01. The van der Waals surface area contributed by atoms with Crippen LogP contribution in [0.4, 0.5) is 0 Å². The van der Waals surface area contributed by atoms with E-state index in [0.717, 1.165) is 30.8 Å². The van der Waals surface area contributed by atoms with Crippen LogP contribution in [0.25, 0.3) is 0 Å². The molecule has 7 heteroatoms. The summed E-state index contributed by atoms with van der Waals surface area (Å²) in [5.41, 5.74) is 0. The first kappa shape index (κ1) is 16.6. The lowest BCUT2D eigenvalue weighted by Crippen LogP contribution is -2.35. The predicted octanol–water partition coefficient (Wildman–Crippen LogP) is 2.27. The Morgan fingerprint density at radius 3 is 3.00 bits per heavy atom. The average Bonchev–Trinajstić information content (AvgIpc) is 3.25. The summed E-state index contributed by atoms with van der Waals surface area (Å²) in [7, 11) is 1.66. The van der Waals surface area contributed by atoms with E-state index < -0.39 is 0 Å². The fourth-order valence-corrected chi connectivity index (χ4v) is 3.76. The number of hydrogen-bond acceptors (Lipinski definition) is 7. The summed E-state index contributed by atoms with van der Waals surface area (Å²) < 4.78 is 10.3. The number of aliphatic hydroxyl groups excluding tert-OH is 1. The quantitative estimate of drug-likeness (QED) is 0.836. The first-order valence-corrected chi connectivity index (χ1v) is 8.88. The number of likely N-dealkylation sites (tertiary alicyclic amines) is 1. The molecule has 0 spiro atoms. The smallest absolute Gasteiger partial charge is 0.240 e. The number of rotatable bonds is 7. The van der Waals surface area contributed by atoms with Gasteiger partial charge in [0.1, 0.15) is 0 Å². The molecule has 0 amide bonds. The van der Waals surface area contributed by atoms with E-state index in [1.54, 1.807) is 18.4 Å². The summed E-state index contributed by atoms with van der Waals surface area (Å²) in [6.45, 7) is 3.18. The first-order valence-electron chi connectivity index (χ1n) is 8.00. The van der Waals surface area contributed by atoms with Gasteiger partial charge in [-0.05, 0) is 43.3 Å². The minimum absolute atomic E-state index is 0.332. The Hall–Kier alpha value is -1.28. The highest BCUT2D eigenvalue weighted by Crippen LogP contribution is 2.33. The molecular weight excluding hydrogens is 314 g/mol. The van der Waals surface area contributed by atoms with Crippen molar-refractivity contribution in [2.24, 2.45) is 5.92 Å². The molecule has 2 aromatic rings. The molecule has 1 N–H and O–H groups in total. The Morgan fingerprint density at radius 1 is 1.48 bits per heavy atom. The van der Waals surface area contributed by atoms with Gasteiger partial charge in [0.05, 0.1) is 19.3 Å². The summed E-state index contributed by atoms with van der Waals surface area (Å²) in [6, 6.07) is 4.01. The van der Waals surface area contributed by atoms with Crippen molar-refractivity contribution in [2.45, 2.75) is 31.9 Å². The molecule has 0 radical (unpaired) electrons. The van der Waals surface area contributed by atoms with E-state index in [1.807, 2.05) is 17.5 Å². The van der Waals surface area contributed by atoms with Crippen molar-refractivity contribution in [3.63, 3.8) is 0 Å². The van der Waals surface area contributed by atoms with E-state index in [0.29, 0.717) is 37.2 Å². The zero-order valence-corrected chi connectivity index (χ0v) is 14.2. The Morgan fingerprint density at radius 2 is 2.30 bits per heavy atom. The van der Waals surface area contributed by atoms with Gasteiger partial charge in [0, 0.05) is 18.4 Å². The van der Waals surface area contributed by atoms with Crippen molar-refractivity contribution < 1.29 is 14.4 Å². The maximum atomic E-state index is 10.4. The zero-order valence-electron chi connectivity index (χ0n) is 13.4. The van der Waals surface area contributed by atoms with Crippen molar-refractivity contribution in [2.75, 3.05) is 26.8 Å². The van der Waals surface area contributed by atoms with Gasteiger partial charge < -0.3 is 14.4 Å². The van der Waals surface area contributed by atoms with Crippen LogP contribution >= 0.6 is 11.3 Å². The minimum Gasteiger partial charge on any atom is -0.387 e. The van der Waals surface area contributed by atoms with Crippen molar-refractivity contribution in [3.05, 3.63) is 34.1 Å². The predicted molar refractivity (Wildman–Crippen MR) is 87.2 cm³/mol. The lowest BCUT2D eigenvalue weighted by molar-refractivity contribution is 0.0560. The number of nitrogens with zero attached hydrogens (tertiary/aromatic N) is 3. The highest BCUT2D eigenvalue weighted by Gasteiger charge is 2.27. The van der Waals surface area contributed by atoms with Crippen molar-refractivity contribution >= 4 is 11.3 Å². The van der Waals surface area contributed by atoms with E-state index in [9.17, 15) is 5.11 Å². The monoisotopic (exact) mass is 337 g/mol. The van der Waals surface area contributed by atoms with E-state index in [2.05, 4.69) is 15.0 Å². The maximum Gasteiger partial charge on any atom is 0.240 e. The molecule has 3 rings (SSSR count). The number of aliphatic hydroxyl groups is 1. The first-order chi connectivity index (χ1) is 11.3. The number of thiophene rings is 1. The number of piperidine rings is 1. The summed E-state index contributed by atoms with van der Waals surface area (Å²) in [5.74, 6) is 1.70. The molecule has 1 aliphatic rings. The molecule has 1 fully saturated rings. The normalized spacial score (nSPS) is 18.3. The van der Waals surface area contributed by atoms with Crippen LogP contribution in [-0.2, 0) is 17.7 Å². The summed E-state index contributed by atoms with van der Waals surface area (Å²) in [4.78, 5) is 7.77. The van der Waals surface area contributed by atoms with Crippen LogP contribution in [0.3, 0.4) is 0 Å². The third kappa shape index (κ3) is 4.38. The molecule has 23 heavy (non-hydrogen) atoms. The molecule has 1 saturated heterocycles. The van der Waals surface area contributed by atoms with Gasteiger partial charge in [-0.25, -0.2) is 0 Å². The maximum absolute atomic E-state index is 10.4. The molecule has 0 saturated carbocycles. The summed E-state index contributed by atoms with van der Waals surface area (Å²) >= 11 is 1.63. The molecule has 126 valence electrons. The summed E-state index contributed by atoms with van der Waals surface area (Å²) in [6.07, 6.45) is 2.32. The summed E-state index contributed by atoms with van der Waals surface area (Å²) in [5, 5.41) is 16.4. The lowest BCUT2D eigenvalue weighted by atomic mass is 9.90. The number of hydrogen-bond donors (Lipinski definition) is 1. The van der Waals surface area contributed by atoms with Crippen molar-refractivity contribution in [3.8, 4) is 0 Å². The molecular formula is C16H23N3O3S.